The number of hydrogen-bond donors (Lipinski definition) is 4. The van der Waals surface area contributed by atoms with Crippen LogP contribution in [0.3, 0.4) is 0 Å². The quantitative estimate of drug-likeness (QED) is 0.340. The summed E-state index contributed by atoms with van der Waals surface area (Å²) in [6, 6.07) is 26.4. The van der Waals surface area contributed by atoms with Gasteiger partial charge in [-0.25, -0.2) is 0 Å². The largest absolute Gasteiger partial charge is 0.368 e. The predicted molar refractivity (Wildman–Crippen MR) is 138 cm³/mol. The van der Waals surface area contributed by atoms with Gasteiger partial charge >= 0.3 is 0 Å². The van der Waals surface area contributed by atoms with E-state index in [1.54, 1.807) is 12.1 Å². The highest BCUT2D eigenvalue weighted by Crippen LogP contribution is 2.07. The number of amides is 3. The minimum atomic E-state index is -0.456. The van der Waals surface area contributed by atoms with E-state index in [1.165, 1.54) is 5.56 Å². The molecule has 6 N–H and O–H groups in total. The molecule has 3 rings (SSSR count). The molecular weight excluding hydrogens is 440 g/mol. The van der Waals surface area contributed by atoms with Crippen molar-refractivity contribution in [1.82, 2.24) is 10.6 Å². The van der Waals surface area contributed by atoms with Crippen LogP contribution in [0.4, 0.5) is 0 Å². The minimum Gasteiger partial charge on any atom is -0.368 e. The summed E-state index contributed by atoms with van der Waals surface area (Å²) in [6.45, 7) is 2.98. The maximum Gasteiger partial charge on any atom is 0.248 e. The Labute approximate surface area is 206 Å². The third-order valence-corrected chi connectivity index (χ3v) is 5.35. The molecule has 7 nitrogen and oxygen atoms in total. The molecule has 0 bridgehead atoms. The molecule has 35 heavy (non-hydrogen) atoms. The first-order valence-corrected chi connectivity index (χ1v) is 11.6. The van der Waals surface area contributed by atoms with Crippen LogP contribution in [0, 0.1) is 0 Å². The van der Waals surface area contributed by atoms with Crippen LogP contribution in [0.1, 0.15) is 46.8 Å². The van der Waals surface area contributed by atoms with Gasteiger partial charge in [0.1, 0.15) is 0 Å². The molecule has 0 aromatic heterocycles. The maximum atomic E-state index is 11.6. The van der Waals surface area contributed by atoms with Crippen LogP contribution in [-0.2, 0) is 29.1 Å². The number of nitrogens with one attached hydrogen (secondary N) is 2. The fraction of sp³-hybridized carbons (Fsp3) is 0.250. The van der Waals surface area contributed by atoms with Gasteiger partial charge in [0, 0.05) is 25.1 Å². The molecule has 0 aliphatic carbocycles. The molecule has 0 unspecified atom stereocenters. The van der Waals surface area contributed by atoms with E-state index in [0.29, 0.717) is 31.5 Å². The molecule has 3 amide bonds. The number of aryl methyl sites for hydroxylation is 1. The molecule has 3 aromatic carbocycles. The van der Waals surface area contributed by atoms with E-state index in [0.717, 1.165) is 17.5 Å². The Hall–Kier alpha value is -3.97. The Bertz CT molecular complexity index is 1050. The van der Waals surface area contributed by atoms with Gasteiger partial charge < -0.3 is 22.1 Å². The standard InChI is InChI=1S/C18H21N3O2.C10H13NO/c19-17(22)15-9-6-14(7-10-15)12-21-16(18(20)23)11-8-13-4-2-1-3-5-13;1-2-10(12)11-8-9-6-4-3-5-7-9/h1-7,9-10,16,21H,8,11-12H2,(H2,19,22)(H2,20,23);3-7H,2,8H2,1H3,(H,11,12)/t16-;/m1./s1. The van der Waals surface area contributed by atoms with Crippen LogP contribution >= 0.6 is 0 Å². The lowest BCUT2D eigenvalue weighted by molar-refractivity contribution is -0.121. The predicted octanol–water partition coefficient (Wildman–Crippen LogP) is 3.07. The molecule has 0 spiro atoms. The van der Waals surface area contributed by atoms with Crippen LogP contribution in [0.2, 0.25) is 0 Å². The number of benzene rings is 3. The zero-order valence-electron chi connectivity index (χ0n) is 20.1. The lowest BCUT2D eigenvalue weighted by atomic mass is 10.0. The summed E-state index contributed by atoms with van der Waals surface area (Å²) in [6.07, 6.45) is 1.97. The molecule has 0 aliphatic rings. The van der Waals surface area contributed by atoms with Gasteiger partial charge in [0.15, 0.2) is 0 Å². The average molecular weight is 475 g/mol. The highest BCUT2D eigenvalue weighted by molar-refractivity contribution is 5.92. The summed E-state index contributed by atoms with van der Waals surface area (Å²) in [5, 5.41) is 5.97. The number of carbonyl (C=O) groups is 3. The van der Waals surface area contributed by atoms with Crippen LogP contribution < -0.4 is 22.1 Å². The van der Waals surface area contributed by atoms with E-state index in [9.17, 15) is 14.4 Å². The molecule has 0 heterocycles. The van der Waals surface area contributed by atoms with Crippen molar-refractivity contribution in [2.24, 2.45) is 11.5 Å². The molecule has 184 valence electrons. The van der Waals surface area contributed by atoms with E-state index in [-0.39, 0.29) is 11.8 Å². The summed E-state index contributed by atoms with van der Waals surface area (Å²) < 4.78 is 0. The summed E-state index contributed by atoms with van der Waals surface area (Å²) in [5.74, 6) is -0.726. The fourth-order valence-corrected chi connectivity index (χ4v) is 3.25. The Kier molecular flexibility index (Phi) is 11.7. The molecule has 0 fully saturated rings. The highest BCUT2D eigenvalue weighted by atomic mass is 16.2. The third-order valence-electron chi connectivity index (χ3n) is 5.35. The molecule has 0 radical (unpaired) electrons. The second-order valence-corrected chi connectivity index (χ2v) is 8.04. The van der Waals surface area contributed by atoms with Crippen LogP contribution in [-0.4, -0.2) is 23.8 Å². The van der Waals surface area contributed by atoms with E-state index in [2.05, 4.69) is 10.6 Å². The van der Waals surface area contributed by atoms with E-state index in [4.69, 9.17) is 11.5 Å². The van der Waals surface area contributed by atoms with Crippen molar-refractivity contribution in [2.75, 3.05) is 0 Å². The normalized spacial score (nSPS) is 11.0. The maximum absolute atomic E-state index is 11.6. The Morgan fingerprint density at radius 1 is 0.743 bits per heavy atom. The van der Waals surface area contributed by atoms with Gasteiger partial charge in [-0.3, -0.25) is 14.4 Å². The van der Waals surface area contributed by atoms with Gasteiger partial charge in [0.2, 0.25) is 17.7 Å². The Morgan fingerprint density at radius 3 is 1.80 bits per heavy atom. The summed E-state index contributed by atoms with van der Waals surface area (Å²) in [4.78, 5) is 33.5. The smallest absolute Gasteiger partial charge is 0.248 e. The molecule has 3 aromatic rings. The van der Waals surface area contributed by atoms with Crippen molar-refractivity contribution in [2.45, 2.75) is 45.3 Å². The summed E-state index contributed by atoms with van der Waals surface area (Å²) in [5.41, 5.74) is 14.4. The molecule has 0 saturated heterocycles. The molecule has 0 aliphatic heterocycles. The van der Waals surface area contributed by atoms with Gasteiger partial charge in [-0.15, -0.1) is 0 Å². The van der Waals surface area contributed by atoms with Gasteiger partial charge in [-0.2, -0.15) is 0 Å². The topological polar surface area (TPSA) is 127 Å². The van der Waals surface area contributed by atoms with E-state index < -0.39 is 11.9 Å². The molecule has 1 atom stereocenters. The minimum absolute atomic E-state index is 0.0962. The van der Waals surface area contributed by atoms with Crippen LogP contribution in [0.25, 0.3) is 0 Å². The van der Waals surface area contributed by atoms with Gasteiger partial charge in [-0.1, -0.05) is 79.7 Å². The molecule has 0 saturated carbocycles. The number of rotatable bonds is 11. The number of primary amides is 2. The summed E-state index contributed by atoms with van der Waals surface area (Å²) in [7, 11) is 0. The second kappa shape index (κ2) is 15.0. The first-order chi connectivity index (χ1) is 16.9. The Balaban J connectivity index is 0.000000303. The van der Waals surface area contributed by atoms with Gasteiger partial charge in [-0.05, 0) is 41.7 Å². The molecule has 7 heteroatoms. The summed E-state index contributed by atoms with van der Waals surface area (Å²) >= 11 is 0. The number of carbonyl (C=O) groups excluding carboxylic acids is 3. The van der Waals surface area contributed by atoms with Crippen molar-refractivity contribution in [3.8, 4) is 0 Å². The highest BCUT2D eigenvalue weighted by Gasteiger charge is 2.14. The van der Waals surface area contributed by atoms with Crippen molar-refractivity contribution in [1.29, 1.82) is 0 Å². The van der Waals surface area contributed by atoms with Crippen molar-refractivity contribution < 1.29 is 14.4 Å². The lowest BCUT2D eigenvalue weighted by Gasteiger charge is -2.15. The SMILES string of the molecule is CCC(=O)NCc1ccccc1.NC(=O)c1ccc(CN[C@H](CCc2ccccc2)C(N)=O)cc1. The second-order valence-electron chi connectivity index (χ2n) is 8.04. The van der Waals surface area contributed by atoms with Crippen molar-refractivity contribution in [3.05, 3.63) is 107 Å². The van der Waals surface area contributed by atoms with E-state index in [1.807, 2.05) is 79.7 Å². The first-order valence-electron chi connectivity index (χ1n) is 11.6. The number of hydrogen-bond acceptors (Lipinski definition) is 4. The first kappa shape index (κ1) is 27.3. The Morgan fingerprint density at radius 2 is 1.29 bits per heavy atom. The van der Waals surface area contributed by atoms with Crippen molar-refractivity contribution in [3.63, 3.8) is 0 Å². The van der Waals surface area contributed by atoms with Crippen LogP contribution in [0.15, 0.2) is 84.9 Å². The zero-order valence-corrected chi connectivity index (χ0v) is 20.1. The van der Waals surface area contributed by atoms with Crippen molar-refractivity contribution >= 4 is 17.7 Å². The van der Waals surface area contributed by atoms with Crippen LogP contribution in [0.5, 0.6) is 0 Å². The third kappa shape index (κ3) is 10.7. The van der Waals surface area contributed by atoms with Gasteiger partial charge in [0.25, 0.3) is 0 Å². The molecular formula is C28H34N4O3. The van der Waals surface area contributed by atoms with Gasteiger partial charge in [0.05, 0.1) is 6.04 Å². The monoisotopic (exact) mass is 474 g/mol. The fourth-order valence-electron chi connectivity index (χ4n) is 3.25. The zero-order chi connectivity index (χ0) is 25.5. The number of nitrogens with two attached hydrogens (primary N) is 2. The average Bonchev–Trinajstić information content (AvgIpc) is 2.89. The van der Waals surface area contributed by atoms with E-state index >= 15 is 0 Å². The lowest BCUT2D eigenvalue weighted by Crippen LogP contribution is -2.41.